The molecule has 0 saturated carbocycles. The van der Waals surface area contributed by atoms with Crippen LogP contribution in [0.2, 0.25) is 0 Å². The second-order valence-electron chi connectivity index (χ2n) is 3.39. The van der Waals surface area contributed by atoms with E-state index in [2.05, 4.69) is 11.0 Å². The summed E-state index contributed by atoms with van der Waals surface area (Å²) in [5, 5.41) is 10.7. The maximum Gasteiger partial charge on any atom is 0.160 e. The van der Waals surface area contributed by atoms with Crippen LogP contribution in [0.4, 0.5) is 5.69 Å². The summed E-state index contributed by atoms with van der Waals surface area (Å²) in [5.41, 5.74) is 1.03. The quantitative estimate of drug-likeness (QED) is 0.719. The summed E-state index contributed by atoms with van der Waals surface area (Å²) >= 11 is 1.44. The van der Waals surface area contributed by atoms with Gasteiger partial charge in [-0.05, 0) is 19.9 Å². The topological polar surface area (TPSA) is 44.1 Å². The number of nitriles is 1. The van der Waals surface area contributed by atoms with E-state index in [0.717, 1.165) is 23.4 Å². The number of thiophene rings is 1. The van der Waals surface area contributed by atoms with Crippen molar-refractivity contribution in [1.82, 2.24) is 0 Å². The molecule has 0 bridgehead atoms. The molecule has 0 amide bonds. The van der Waals surface area contributed by atoms with Gasteiger partial charge in [-0.3, -0.25) is 4.79 Å². The third kappa shape index (κ3) is 3.07. The molecular weight excluding hydrogens is 208 g/mol. The minimum absolute atomic E-state index is 0.00420. The van der Waals surface area contributed by atoms with Crippen LogP contribution in [-0.2, 0) is 0 Å². The van der Waals surface area contributed by atoms with Gasteiger partial charge in [0, 0.05) is 24.2 Å². The Kier molecular flexibility index (Phi) is 4.32. The van der Waals surface area contributed by atoms with E-state index in [9.17, 15) is 4.79 Å². The molecule has 1 aromatic rings. The Labute approximate surface area is 93.9 Å². The molecule has 1 aromatic heterocycles. The summed E-state index contributed by atoms with van der Waals surface area (Å²) < 4.78 is 0. The van der Waals surface area contributed by atoms with Gasteiger partial charge < -0.3 is 4.90 Å². The average Bonchev–Trinajstić information content (AvgIpc) is 2.73. The molecule has 0 aliphatic rings. The number of carbonyl (C=O) groups excluding carboxylic acids is 1. The number of nitrogens with zero attached hydrogens (tertiary/aromatic N) is 2. The van der Waals surface area contributed by atoms with Gasteiger partial charge in [0.05, 0.1) is 16.9 Å². The lowest BCUT2D eigenvalue weighted by Crippen LogP contribution is -2.27. The number of aldehydes is 1. The molecule has 1 rings (SSSR count). The molecule has 0 saturated heterocycles. The zero-order chi connectivity index (χ0) is 11.3. The van der Waals surface area contributed by atoms with Crippen LogP contribution in [0.15, 0.2) is 11.4 Å². The van der Waals surface area contributed by atoms with E-state index < -0.39 is 0 Å². The van der Waals surface area contributed by atoms with Crippen molar-refractivity contribution in [2.45, 2.75) is 13.8 Å². The van der Waals surface area contributed by atoms with E-state index in [4.69, 9.17) is 5.26 Å². The molecule has 0 radical (unpaired) electrons. The average molecular weight is 222 g/mol. The lowest BCUT2D eigenvalue weighted by atomic mass is 10.2. The summed E-state index contributed by atoms with van der Waals surface area (Å²) in [5.74, 6) is 0.00420. The molecule has 15 heavy (non-hydrogen) atoms. The van der Waals surface area contributed by atoms with Gasteiger partial charge in [0.1, 0.15) is 0 Å². The fourth-order valence-corrected chi connectivity index (χ4v) is 2.08. The molecule has 80 valence electrons. The first-order valence-electron chi connectivity index (χ1n) is 4.89. The molecule has 0 spiro atoms. The predicted molar refractivity (Wildman–Crippen MR) is 62.4 cm³/mol. The monoisotopic (exact) mass is 222 g/mol. The second kappa shape index (κ2) is 5.52. The van der Waals surface area contributed by atoms with E-state index in [-0.39, 0.29) is 5.92 Å². The Balaban J connectivity index is 2.74. The smallest absolute Gasteiger partial charge is 0.160 e. The highest BCUT2D eigenvalue weighted by atomic mass is 32.1. The van der Waals surface area contributed by atoms with Crippen molar-refractivity contribution >= 4 is 23.3 Å². The van der Waals surface area contributed by atoms with Crippen LogP contribution in [0.3, 0.4) is 0 Å². The maximum atomic E-state index is 10.5. The van der Waals surface area contributed by atoms with Gasteiger partial charge in [0.15, 0.2) is 6.29 Å². The summed E-state index contributed by atoms with van der Waals surface area (Å²) in [6.07, 6.45) is 0.857. The number of carbonyl (C=O) groups is 1. The standard InChI is InChI=1S/C11H14N2OS/c1-3-13(6-9(2)5-12)10-4-11(7-14)15-8-10/h4,7-9H,3,6H2,1-2H3. The van der Waals surface area contributed by atoms with E-state index in [1.54, 1.807) is 0 Å². The first-order chi connectivity index (χ1) is 7.21. The fourth-order valence-electron chi connectivity index (χ4n) is 1.36. The van der Waals surface area contributed by atoms with E-state index in [1.165, 1.54) is 11.3 Å². The highest BCUT2D eigenvalue weighted by Gasteiger charge is 2.10. The van der Waals surface area contributed by atoms with Gasteiger partial charge in [0.2, 0.25) is 0 Å². The number of hydrogen-bond acceptors (Lipinski definition) is 4. The minimum Gasteiger partial charge on any atom is -0.370 e. The van der Waals surface area contributed by atoms with Crippen molar-refractivity contribution in [3.05, 3.63) is 16.3 Å². The molecule has 1 heterocycles. The molecule has 0 fully saturated rings. The van der Waals surface area contributed by atoms with Crippen molar-refractivity contribution in [2.75, 3.05) is 18.0 Å². The number of hydrogen-bond donors (Lipinski definition) is 0. The first kappa shape index (κ1) is 11.7. The molecule has 0 aliphatic heterocycles. The molecule has 1 atom stereocenters. The number of anilines is 1. The van der Waals surface area contributed by atoms with Crippen LogP contribution in [-0.4, -0.2) is 19.4 Å². The van der Waals surface area contributed by atoms with Crippen LogP contribution >= 0.6 is 11.3 Å². The van der Waals surface area contributed by atoms with Crippen LogP contribution in [0, 0.1) is 17.2 Å². The normalized spacial score (nSPS) is 11.8. The Bertz CT molecular complexity index is 367. The molecular formula is C11H14N2OS. The van der Waals surface area contributed by atoms with E-state index in [0.29, 0.717) is 6.54 Å². The highest BCUT2D eigenvalue weighted by molar-refractivity contribution is 7.12. The van der Waals surface area contributed by atoms with Gasteiger partial charge in [-0.1, -0.05) is 0 Å². The van der Waals surface area contributed by atoms with Crippen molar-refractivity contribution in [2.24, 2.45) is 5.92 Å². The van der Waals surface area contributed by atoms with Gasteiger partial charge in [0.25, 0.3) is 0 Å². The van der Waals surface area contributed by atoms with Gasteiger partial charge in [-0.25, -0.2) is 0 Å². The molecule has 0 N–H and O–H groups in total. The molecule has 0 aliphatic carbocycles. The maximum absolute atomic E-state index is 10.5. The molecule has 3 nitrogen and oxygen atoms in total. The first-order valence-corrected chi connectivity index (χ1v) is 5.77. The second-order valence-corrected chi connectivity index (χ2v) is 4.34. The van der Waals surface area contributed by atoms with E-state index >= 15 is 0 Å². The zero-order valence-electron chi connectivity index (χ0n) is 8.93. The summed E-state index contributed by atoms with van der Waals surface area (Å²) in [4.78, 5) is 13.4. The van der Waals surface area contributed by atoms with Crippen LogP contribution in [0.1, 0.15) is 23.5 Å². The largest absolute Gasteiger partial charge is 0.370 e. The summed E-state index contributed by atoms with van der Waals surface area (Å²) in [6.45, 7) is 5.50. The Hall–Kier alpha value is -1.34. The SMILES string of the molecule is CCN(CC(C)C#N)c1csc(C=O)c1. The van der Waals surface area contributed by atoms with Gasteiger partial charge in [-0.2, -0.15) is 5.26 Å². The lowest BCUT2D eigenvalue weighted by Gasteiger charge is -2.22. The zero-order valence-corrected chi connectivity index (χ0v) is 9.75. The Morgan fingerprint density at radius 3 is 2.93 bits per heavy atom. The van der Waals surface area contributed by atoms with Crippen LogP contribution < -0.4 is 4.90 Å². The number of rotatable bonds is 5. The summed E-state index contributed by atoms with van der Waals surface area (Å²) in [7, 11) is 0. The van der Waals surface area contributed by atoms with Crippen molar-refractivity contribution < 1.29 is 4.79 Å². The van der Waals surface area contributed by atoms with Crippen LogP contribution in [0.5, 0.6) is 0 Å². The highest BCUT2D eigenvalue weighted by Crippen LogP contribution is 2.22. The van der Waals surface area contributed by atoms with Gasteiger partial charge >= 0.3 is 0 Å². The third-order valence-electron chi connectivity index (χ3n) is 2.18. The molecule has 0 aromatic carbocycles. The molecule has 4 heteroatoms. The minimum atomic E-state index is 0.00420. The molecule has 1 unspecified atom stereocenters. The summed E-state index contributed by atoms with van der Waals surface area (Å²) in [6, 6.07) is 4.08. The van der Waals surface area contributed by atoms with Crippen molar-refractivity contribution in [3.8, 4) is 6.07 Å². The van der Waals surface area contributed by atoms with Gasteiger partial charge in [-0.15, -0.1) is 11.3 Å². The van der Waals surface area contributed by atoms with Crippen LogP contribution in [0.25, 0.3) is 0 Å². The predicted octanol–water partition coefficient (Wildman–Crippen LogP) is 2.55. The lowest BCUT2D eigenvalue weighted by molar-refractivity contribution is 0.112. The van der Waals surface area contributed by atoms with E-state index in [1.807, 2.05) is 25.3 Å². The Morgan fingerprint density at radius 1 is 1.73 bits per heavy atom. The fraction of sp³-hybridized carbons (Fsp3) is 0.455. The Morgan fingerprint density at radius 2 is 2.47 bits per heavy atom. The third-order valence-corrected chi connectivity index (χ3v) is 3.03. The van der Waals surface area contributed by atoms with Crippen molar-refractivity contribution in [3.63, 3.8) is 0 Å². The van der Waals surface area contributed by atoms with Crippen molar-refractivity contribution in [1.29, 1.82) is 5.26 Å².